The Kier molecular flexibility index (Phi) is 5.92. The van der Waals surface area contributed by atoms with Gasteiger partial charge in [0.1, 0.15) is 31.0 Å². The third kappa shape index (κ3) is 4.00. The summed E-state index contributed by atoms with van der Waals surface area (Å²) < 4.78 is 10.5. The molecule has 2 aliphatic rings. The van der Waals surface area contributed by atoms with Crippen molar-refractivity contribution in [3.05, 3.63) is 59.7 Å². The maximum Gasteiger partial charge on any atom is 0.407 e. The molecule has 9 nitrogen and oxygen atoms in total. The normalized spacial score (nSPS) is 27.3. The van der Waals surface area contributed by atoms with E-state index in [-0.39, 0.29) is 19.1 Å². The largest absolute Gasteiger partial charge is 0.479 e. The Labute approximate surface area is 177 Å². The van der Waals surface area contributed by atoms with Crippen molar-refractivity contribution in [3.63, 3.8) is 0 Å². The molecule has 0 bridgehead atoms. The van der Waals surface area contributed by atoms with E-state index < -0.39 is 42.6 Å². The zero-order chi connectivity index (χ0) is 22.1. The van der Waals surface area contributed by atoms with Crippen LogP contribution in [0.25, 0.3) is 11.1 Å². The summed E-state index contributed by atoms with van der Waals surface area (Å²) in [6.45, 7) is -0.210. The van der Waals surface area contributed by atoms with Gasteiger partial charge in [-0.1, -0.05) is 48.5 Å². The molecular weight excluding hydrogens is 406 g/mol. The van der Waals surface area contributed by atoms with Gasteiger partial charge in [0, 0.05) is 12.5 Å². The van der Waals surface area contributed by atoms with Gasteiger partial charge < -0.3 is 35.2 Å². The number of alkyl carbamates (subject to hydrolysis) is 1. The summed E-state index contributed by atoms with van der Waals surface area (Å²) in [5.74, 6) is -1.60. The SMILES string of the molecule is O=C(NC[C@@H]1O[C@H](C(=O)O)[C@H](O)[C@@H](O)[C@H]1O)OCC1c2ccccc2-c2ccccc21. The van der Waals surface area contributed by atoms with Gasteiger partial charge in [-0.2, -0.15) is 0 Å². The molecule has 1 amide bonds. The molecular formula is C22H23NO8. The molecule has 5 atom stereocenters. The second-order valence-electron chi connectivity index (χ2n) is 7.61. The standard InChI is InChI=1S/C22H23NO8/c24-17-16(31-20(21(27)28)19(26)18(17)25)9-23-22(29)30-10-15-13-7-3-1-5-11(13)12-6-2-4-8-14(12)15/h1-8,15-20,24-26H,9-10H2,(H,23,29)(H,27,28)/t16-,17-,18-,19+,20-/m0/s1. The van der Waals surface area contributed by atoms with Crippen molar-refractivity contribution in [3.8, 4) is 11.1 Å². The van der Waals surface area contributed by atoms with Crippen molar-refractivity contribution in [2.45, 2.75) is 36.4 Å². The van der Waals surface area contributed by atoms with Crippen LogP contribution in [0.1, 0.15) is 17.0 Å². The lowest BCUT2D eigenvalue weighted by Crippen LogP contribution is -2.61. The number of rotatable bonds is 5. The molecule has 2 aromatic rings. The number of carboxylic acid groups (broad SMARTS) is 1. The Bertz CT molecular complexity index is 934. The van der Waals surface area contributed by atoms with Gasteiger partial charge >= 0.3 is 12.1 Å². The van der Waals surface area contributed by atoms with E-state index >= 15 is 0 Å². The van der Waals surface area contributed by atoms with Gasteiger partial charge in [-0.3, -0.25) is 0 Å². The molecule has 0 unspecified atom stereocenters. The number of carbonyl (C=O) groups is 2. The highest BCUT2D eigenvalue weighted by Gasteiger charge is 2.46. The van der Waals surface area contributed by atoms with E-state index in [1.807, 2.05) is 48.5 Å². The van der Waals surface area contributed by atoms with E-state index in [0.717, 1.165) is 22.3 Å². The fraction of sp³-hybridized carbons (Fsp3) is 0.364. The van der Waals surface area contributed by atoms with Crippen molar-refractivity contribution in [2.24, 2.45) is 0 Å². The first kappa shape index (κ1) is 21.3. The second kappa shape index (κ2) is 8.64. The lowest BCUT2D eigenvalue weighted by Gasteiger charge is -2.38. The van der Waals surface area contributed by atoms with Crippen LogP contribution in [0.3, 0.4) is 0 Å². The first-order chi connectivity index (χ1) is 14.9. The van der Waals surface area contributed by atoms with Crippen molar-refractivity contribution in [1.82, 2.24) is 5.32 Å². The Morgan fingerprint density at radius 3 is 2.06 bits per heavy atom. The minimum atomic E-state index is -1.78. The number of nitrogens with one attached hydrogen (secondary N) is 1. The average molecular weight is 429 g/mol. The molecule has 5 N–H and O–H groups in total. The fourth-order valence-corrected chi connectivity index (χ4v) is 4.16. The number of hydrogen-bond acceptors (Lipinski definition) is 7. The Hall–Kier alpha value is -2.98. The van der Waals surface area contributed by atoms with Gasteiger partial charge in [-0.25, -0.2) is 9.59 Å². The van der Waals surface area contributed by atoms with Crippen molar-refractivity contribution in [1.29, 1.82) is 0 Å². The highest BCUT2D eigenvalue weighted by atomic mass is 16.6. The molecule has 1 aliphatic heterocycles. The molecule has 1 fully saturated rings. The lowest BCUT2D eigenvalue weighted by atomic mass is 9.95. The first-order valence-corrected chi connectivity index (χ1v) is 9.89. The quantitative estimate of drug-likeness (QED) is 0.461. The number of aliphatic hydroxyl groups is 3. The second-order valence-corrected chi connectivity index (χ2v) is 7.61. The highest BCUT2D eigenvalue weighted by molar-refractivity contribution is 5.79. The number of amides is 1. The zero-order valence-electron chi connectivity index (χ0n) is 16.4. The monoisotopic (exact) mass is 429 g/mol. The van der Waals surface area contributed by atoms with Gasteiger partial charge in [0.15, 0.2) is 6.10 Å². The predicted molar refractivity (Wildman–Crippen MR) is 107 cm³/mol. The molecule has 1 saturated heterocycles. The Morgan fingerprint density at radius 1 is 0.903 bits per heavy atom. The van der Waals surface area contributed by atoms with Crippen LogP contribution in [0.15, 0.2) is 48.5 Å². The number of aliphatic carboxylic acids is 1. The van der Waals surface area contributed by atoms with Crippen LogP contribution in [-0.2, 0) is 14.3 Å². The van der Waals surface area contributed by atoms with E-state index in [1.54, 1.807) is 0 Å². The summed E-state index contributed by atoms with van der Waals surface area (Å²) >= 11 is 0. The number of benzene rings is 2. The molecule has 2 aromatic carbocycles. The van der Waals surface area contributed by atoms with E-state index in [1.165, 1.54) is 0 Å². The maximum atomic E-state index is 12.2. The van der Waals surface area contributed by atoms with E-state index in [4.69, 9.17) is 14.6 Å². The molecule has 0 saturated carbocycles. The van der Waals surface area contributed by atoms with E-state index in [0.29, 0.717) is 0 Å². The third-order valence-corrected chi connectivity index (χ3v) is 5.75. The lowest BCUT2D eigenvalue weighted by molar-refractivity contribution is -0.226. The van der Waals surface area contributed by atoms with Crippen LogP contribution in [0.2, 0.25) is 0 Å². The molecule has 9 heteroatoms. The number of fused-ring (bicyclic) bond motifs is 3. The number of aliphatic hydroxyl groups excluding tert-OH is 3. The van der Waals surface area contributed by atoms with Crippen LogP contribution in [0.5, 0.6) is 0 Å². The molecule has 0 aromatic heterocycles. The van der Waals surface area contributed by atoms with Gasteiger partial charge in [-0.05, 0) is 22.3 Å². The fourth-order valence-electron chi connectivity index (χ4n) is 4.16. The Balaban J connectivity index is 1.37. The van der Waals surface area contributed by atoms with Crippen LogP contribution in [0.4, 0.5) is 4.79 Å². The molecule has 4 rings (SSSR count). The number of carboxylic acids is 1. The third-order valence-electron chi connectivity index (χ3n) is 5.75. The van der Waals surface area contributed by atoms with Crippen molar-refractivity contribution >= 4 is 12.1 Å². The van der Waals surface area contributed by atoms with Crippen molar-refractivity contribution in [2.75, 3.05) is 13.2 Å². The minimum Gasteiger partial charge on any atom is -0.479 e. The average Bonchev–Trinajstić information content (AvgIpc) is 3.09. The van der Waals surface area contributed by atoms with Crippen LogP contribution < -0.4 is 5.32 Å². The number of carbonyl (C=O) groups excluding carboxylic acids is 1. The Morgan fingerprint density at radius 2 is 1.48 bits per heavy atom. The molecule has 0 radical (unpaired) electrons. The molecule has 164 valence electrons. The van der Waals surface area contributed by atoms with Gasteiger partial charge in [0.05, 0.1) is 0 Å². The van der Waals surface area contributed by atoms with E-state index in [2.05, 4.69) is 5.32 Å². The summed E-state index contributed by atoms with van der Waals surface area (Å²) in [7, 11) is 0. The van der Waals surface area contributed by atoms with Crippen LogP contribution in [0, 0.1) is 0 Å². The first-order valence-electron chi connectivity index (χ1n) is 9.89. The number of ether oxygens (including phenoxy) is 2. The van der Waals surface area contributed by atoms with Gasteiger partial charge in [0.25, 0.3) is 0 Å². The molecule has 1 heterocycles. The zero-order valence-corrected chi connectivity index (χ0v) is 16.4. The molecule has 31 heavy (non-hydrogen) atoms. The molecule has 0 spiro atoms. The summed E-state index contributed by atoms with van der Waals surface area (Å²) in [6, 6.07) is 15.8. The smallest absolute Gasteiger partial charge is 0.407 e. The topological polar surface area (TPSA) is 146 Å². The number of hydrogen-bond donors (Lipinski definition) is 5. The molecule has 1 aliphatic carbocycles. The van der Waals surface area contributed by atoms with Crippen LogP contribution in [-0.4, -0.2) is 76.2 Å². The van der Waals surface area contributed by atoms with E-state index in [9.17, 15) is 24.9 Å². The van der Waals surface area contributed by atoms with Gasteiger partial charge in [0.2, 0.25) is 0 Å². The minimum absolute atomic E-state index is 0.0903. The highest BCUT2D eigenvalue weighted by Crippen LogP contribution is 2.44. The summed E-state index contributed by atoms with van der Waals surface area (Å²) in [4.78, 5) is 23.4. The summed E-state index contributed by atoms with van der Waals surface area (Å²) in [5.41, 5.74) is 4.31. The summed E-state index contributed by atoms with van der Waals surface area (Å²) in [6.07, 6.45) is -8.78. The maximum absolute atomic E-state index is 12.2. The predicted octanol–water partition coefficient (Wildman–Crippen LogP) is 0.460. The summed E-state index contributed by atoms with van der Waals surface area (Å²) in [5, 5.41) is 41.1. The van der Waals surface area contributed by atoms with Gasteiger partial charge in [-0.15, -0.1) is 0 Å². The van der Waals surface area contributed by atoms with Crippen molar-refractivity contribution < 1.29 is 39.5 Å². The van der Waals surface area contributed by atoms with Crippen LogP contribution >= 0.6 is 0 Å².